The van der Waals surface area contributed by atoms with Gasteiger partial charge >= 0.3 is 6.03 Å². The number of carbonyl (C=O) groups is 2. The van der Waals surface area contributed by atoms with E-state index in [9.17, 15) is 9.59 Å². The molecule has 28 heavy (non-hydrogen) atoms. The molecule has 0 bridgehead atoms. The van der Waals surface area contributed by atoms with Crippen LogP contribution in [0.15, 0.2) is 54.7 Å². The molecule has 0 radical (unpaired) electrons. The maximum absolute atomic E-state index is 13.3. The third kappa shape index (κ3) is 2.43. The average Bonchev–Trinajstić information content (AvgIpc) is 2.92. The number of hydrogen-bond donors (Lipinski definition) is 1. The summed E-state index contributed by atoms with van der Waals surface area (Å²) in [5.41, 5.74) is 0.418. The molecule has 0 atom stereocenters. The zero-order valence-corrected chi connectivity index (χ0v) is 16.2. The minimum atomic E-state index is -0.915. The lowest BCUT2D eigenvalue weighted by molar-refractivity contribution is -0.125. The Morgan fingerprint density at radius 1 is 1.04 bits per heavy atom. The number of imide groups is 1. The summed E-state index contributed by atoms with van der Waals surface area (Å²) in [5, 5.41) is 5.21. The molecular weight excluding hydrogens is 397 g/mol. The second-order valence-corrected chi connectivity index (χ2v) is 8.03. The number of rotatable bonds is 2. The molecule has 5 rings (SSSR count). The fraction of sp³-hybridized carbons (Fsp3) is 0.190. The molecule has 1 aromatic heterocycles. The second-order valence-electron chi connectivity index (χ2n) is 7.26. The van der Waals surface area contributed by atoms with Crippen LogP contribution in [0.25, 0.3) is 10.8 Å². The fourth-order valence-electron chi connectivity index (χ4n) is 4.24. The number of pyridine rings is 1. The molecule has 2 heterocycles. The van der Waals surface area contributed by atoms with Crippen molar-refractivity contribution in [3.8, 4) is 0 Å². The SMILES string of the molecule is O=C1NC2(CC(c3ccccc3Cl)C2)C(=O)N1c1c(Cl)ncc2ccccc12. The van der Waals surface area contributed by atoms with E-state index in [2.05, 4.69) is 10.3 Å². The Hall–Kier alpha value is -2.63. The summed E-state index contributed by atoms with van der Waals surface area (Å²) in [6, 6.07) is 14.5. The van der Waals surface area contributed by atoms with Crippen LogP contribution in [-0.4, -0.2) is 22.5 Å². The van der Waals surface area contributed by atoms with Crippen molar-refractivity contribution >= 4 is 51.6 Å². The summed E-state index contributed by atoms with van der Waals surface area (Å²) in [7, 11) is 0. The average molecular weight is 412 g/mol. The number of anilines is 1. The van der Waals surface area contributed by atoms with Gasteiger partial charge in [-0.05, 0) is 30.4 Å². The van der Waals surface area contributed by atoms with Gasteiger partial charge in [0.1, 0.15) is 5.54 Å². The molecule has 1 N–H and O–H groups in total. The van der Waals surface area contributed by atoms with Gasteiger partial charge in [0.05, 0.1) is 5.69 Å². The van der Waals surface area contributed by atoms with Crippen LogP contribution < -0.4 is 10.2 Å². The van der Waals surface area contributed by atoms with E-state index in [0.29, 0.717) is 28.9 Å². The summed E-state index contributed by atoms with van der Waals surface area (Å²) in [6.45, 7) is 0. The molecule has 2 fully saturated rings. The van der Waals surface area contributed by atoms with Crippen molar-refractivity contribution < 1.29 is 9.59 Å². The molecule has 3 aromatic rings. The number of fused-ring (bicyclic) bond motifs is 1. The maximum Gasteiger partial charge on any atom is 0.329 e. The molecule has 7 heteroatoms. The number of nitrogens with zero attached hydrogens (tertiary/aromatic N) is 2. The molecule has 2 aromatic carbocycles. The molecule has 3 amide bonds. The van der Waals surface area contributed by atoms with Crippen LogP contribution in [0.4, 0.5) is 10.5 Å². The van der Waals surface area contributed by atoms with Crippen molar-refractivity contribution in [2.45, 2.75) is 24.3 Å². The molecule has 1 aliphatic heterocycles. The van der Waals surface area contributed by atoms with Crippen LogP contribution in [0.5, 0.6) is 0 Å². The molecule has 1 spiro atoms. The van der Waals surface area contributed by atoms with Gasteiger partial charge < -0.3 is 5.32 Å². The quantitative estimate of drug-likeness (QED) is 0.481. The summed E-state index contributed by atoms with van der Waals surface area (Å²) in [5.74, 6) is -0.167. The first-order valence-corrected chi connectivity index (χ1v) is 9.70. The lowest BCUT2D eigenvalue weighted by Crippen LogP contribution is -2.56. The largest absolute Gasteiger partial charge is 0.329 e. The Kier molecular flexibility index (Phi) is 3.86. The number of urea groups is 1. The Morgan fingerprint density at radius 3 is 2.54 bits per heavy atom. The predicted octanol–water partition coefficient (Wildman–Crippen LogP) is 4.91. The van der Waals surface area contributed by atoms with Gasteiger partial charge in [-0.3, -0.25) is 4.79 Å². The van der Waals surface area contributed by atoms with Crippen LogP contribution in [0.1, 0.15) is 24.3 Å². The lowest BCUT2D eigenvalue weighted by atomic mass is 9.65. The van der Waals surface area contributed by atoms with Gasteiger partial charge in [-0.25, -0.2) is 14.7 Å². The molecule has 1 aliphatic carbocycles. The molecule has 1 saturated carbocycles. The van der Waals surface area contributed by atoms with Crippen LogP contribution in [-0.2, 0) is 4.79 Å². The van der Waals surface area contributed by atoms with Crippen molar-refractivity contribution in [1.29, 1.82) is 0 Å². The highest BCUT2D eigenvalue weighted by atomic mass is 35.5. The second kappa shape index (κ2) is 6.19. The third-order valence-corrected chi connectivity index (χ3v) is 6.27. The zero-order valence-electron chi connectivity index (χ0n) is 14.7. The van der Waals surface area contributed by atoms with Gasteiger partial charge in [-0.1, -0.05) is 65.7 Å². The first-order chi connectivity index (χ1) is 13.5. The van der Waals surface area contributed by atoms with Crippen LogP contribution in [0.2, 0.25) is 10.2 Å². The Labute approximate surface area is 171 Å². The highest BCUT2D eigenvalue weighted by Crippen LogP contribution is 2.50. The minimum Gasteiger partial charge on any atom is -0.323 e. The molecule has 0 unspecified atom stereocenters. The third-order valence-electron chi connectivity index (χ3n) is 5.65. The smallest absolute Gasteiger partial charge is 0.323 e. The van der Waals surface area contributed by atoms with Crippen LogP contribution in [0.3, 0.4) is 0 Å². The van der Waals surface area contributed by atoms with Crippen LogP contribution in [0, 0.1) is 0 Å². The number of benzene rings is 2. The first-order valence-electron chi connectivity index (χ1n) is 8.94. The standard InChI is InChI=1S/C21H15Cl2N3O2/c22-16-8-4-3-6-14(16)13-9-21(10-13)19(27)26(20(28)25-21)17-15-7-2-1-5-12(15)11-24-18(17)23/h1-8,11,13H,9-10H2,(H,25,28). The molecule has 1 saturated heterocycles. The zero-order chi connectivity index (χ0) is 19.5. The Morgan fingerprint density at radius 2 is 1.75 bits per heavy atom. The number of amides is 3. The van der Waals surface area contributed by atoms with E-state index in [1.807, 2.05) is 48.5 Å². The van der Waals surface area contributed by atoms with E-state index in [-0.39, 0.29) is 17.0 Å². The summed E-state index contributed by atoms with van der Waals surface area (Å²) in [6.07, 6.45) is 2.65. The number of halogens is 2. The van der Waals surface area contributed by atoms with Gasteiger partial charge in [0.15, 0.2) is 5.15 Å². The van der Waals surface area contributed by atoms with Gasteiger partial charge in [0.2, 0.25) is 0 Å². The summed E-state index contributed by atoms with van der Waals surface area (Å²) in [4.78, 5) is 31.4. The van der Waals surface area contributed by atoms with Crippen molar-refractivity contribution in [2.24, 2.45) is 0 Å². The van der Waals surface area contributed by atoms with Crippen molar-refractivity contribution in [3.05, 3.63) is 70.5 Å². The number of hydrogen-bond acceptors (Lipinski definition) is 3. The van der Waals surface area contributed by atoms with Gasteiger partial charge in [0.25, 0.3) is 5.91 Å². The Bertz CT molecular complexity index is 1140. The van der Waals surface area contributed by atoms with Crippen molar-refractivity contribution in [2.75, 3.05) is 4.90 Å². The minimum absolute atomic E-state index is 0.124. The van der Waals surface area contributed by atoms with E-state index >= 15 is 0 Å². The van der Waals surface area contributed by atoms with E-state index < -0.39 is 11.6 Å². The molecule has 5 nitrogen and oxygen atoms in total. The molecule has 2 aliphatic rings. The maximum atomic E-state index is 13.3. The number of carbonyl (C=O) groups excluding carboxylic acids is 2. The summed E-state index contributed by atoms with van der Waals surface area (Å²) < 4.78 is 0. The van der Waals surface area contributed by atoms with Crippen molar-refractivity contribution in [3.63, 3.8) is 0 Å². The van der Waals surface area contributed by atoms with E-state index in [1.54, 1.807) is 6.20 Å². The van der Waals surface area contributed by atoms with Gasteiger partial charge in [-0.2, -0.15) is 0 Å². The van der Waals surface area contributed by atoms with E-state index in [0.717, 1.165) is 15.8 Å². The predicted molar refractivity (Wildman–Crippen MR) is 109 cm³/mol. The highest BCUT2D eigenvalue weighted by Gasteiger charge is 2.60. The summed E-state index contributed by atoms with van der Waals surface area (Å²) >= 11 is 12.6. The topological polar surface area (TPSA) is 62.3 Å². The van der Waals surface area contributed by atoms with Gasteiger partial charge in [-0.15, -0.1) is 0 Å². The van der Waals surface area contributed by atoms with E-state index in [1.165, 1.54) is 0 Å². The number of nitrogens with one attached hydrogen (secondary N) is 1. The highest BCUT2D eigenvalue weighted by molar-refractivity contribution is 6.37. The monoisotopic (exact) mass is 411 g/mol. The Balaban J connectivity index is 1.51. The fourth-order valence-corrected chi connectivity index (χ4v) is 4.77. The lowest BCUT2D eigenvalue weighted by Gasteiger charge is -2.43. The van der Waals surface area contributed by atoms with Crippen LogP contribution >= 0.6 is 23.2 Å². The first kappa shape index (κ1) is 17.5. The number of aromatic nitrogens is 1. The molecule has 140 valence electrons. The van der Waals surface area contributed by atoms with Crippen molar-refractivity contribution in [1.82, 2.24) is 10.3 Å². The van der Waals surface area contributed by atoms with E-state index in [4.69, 9.17) is 23.2 Å². The normalized spacial score (nSPS) is 23.9. The van der Waals surface area contributed by atoms with Gasteiger partial charge in [0, 0.05) is 22.0 Å². The molecular formula is C21H15Cl2N3O2.